The van der Waals surface area contributed by atoms with E-state index >= 15 is 0 Å². The van der Waals surface area contributed by atoms with Crippen molar-refractivity contribution in [3.05, 3.63) is 34.9 Å². The summed E-state index contributed by atoms with van der Waals surface area (Å²) in [6, 6.07) is 4.71. The van der Waals surface area contributed by atoms with Crippen LogP contribution in [0.4, 0.5) is 13.2 Å². The van der Waals surface area contributed by atoms with Gasteiger partial charge in [-0.3, -0.25) is 0 Å². The van der Waals surface area contributed by atoms with Gasteiger partial charge in [-0.25, -0.2) is 0 Å². The molecule has 98 valence electrons. The summed E-state index contributed by atoms with van der Waals surface area (Å²) in [5.41, 5.74) is 6.35. The van der Waals surface area contributed by atoms with Crippen LogP contribution in [0.3, 0.4) is 0 Å². The molecular formula is C14H16F3N. The average Bonchev–Trinajstić information content (AvgIpc) is 3.12. The summed E-state index contributed by atoms with van der Waals surface area (Å²) in [5.74, 6) is 0. The zero-order chi connectivity index (χ0) is 13.2. The smallest absolute Gasteiger partial charge is 0.324 e. The van der Waals surface area contributed by atoms with Gasteiger partial charge in [-0.05, 0) is 49.8 Å². The lowest BCUT2D eigenvalue weighted by Crippen LogP contribution is -2.37. The molecule has 1 aromatic carbocycles. The van der Waals surface area contributed by atoms with Gasteiger partial charge in [0.2, 0.25) is 0 Å². The van der Waals surface area contributed by atoms with Crippen LogP contribution in [0.25, 0.3) is 0 Å². The molecule has 2 fully saturated rings. The van der Waals surface area contributed by atoms with E-state index in [0.717, 1.165) is 31.2 Å². The number of alkyl halides is 3. The molecule has 4 heteroatoms. The number of hydrogen-bond acceptors (Lipinski definition) is 1. The van der Waals surface area contributed by atoms with Gasteiger partial charge < -0.3 is 5.73 Å². The Morgan fingerprint density at radius 1 is 1.11 bits per heavy atom. The molecule has 3 rings (SSSR count). The van der Waals surface area contributed by atoms with Crippen LogP contribution in [0.5, 0.6) is 0 Å². The molecule has 2 aliphatic carbocycles. The number of rotatable bonds is 2. The van der Waals surface area contributed by atoms with Gasteiger partial charge in [0.15, 0.2) is 0 Å². The minimum absolute atomic E-state index is 0.180. The van der Waals surface area contributed by atoms with Crippen molar-refractivity contribution in [1.29, 1.82) is 0 Å². The molecule has 0 amide bonds. The second-order valence-electron chi connectivity index (χ2n) is 5.77. The summed E-state index contributed by atoms with van der Waals surface area (Å²) in [4.78, 5) is 0. The van der Waals surface area contributed by atoms with Crippen molar-refractivity contribution < 1.29 is 13.2 Å². The van der Waals surface area contributed by atoms with Crippen molar-refractivity contribution >= 4 is 0 Å². The van der Waals surface area contributed by atoms with Crippen LogP contribution >= 0.6 is 0 Å². The van der Waals surface area contributed by atoms with Crippen molar-refractivity contribution in [3.8, 4) is 0 Å². The van der Waals surface area contributed by atoms with Gasteiger partial charge in [-0.2, -0.15) is 13.2 Å². The number of nitrogens with two attached hydrogens (primary N) is 1. The van der Waals surface area contributed by atoms with Gasteiger partial charge >= 0.3 is 6.18 Å². The predicted molar refractivity (Wildman–Crippen MR) is 63.2 cm³/mol. The average molecular weight is 255 g/mol. The molecule has 0 atom stereocenters. The summed E-state index contributed by atoms with van der Waals surface area (Å²) in [6.45, 7) is 1.50. The van der Waals surface area contributed by atoms with Crippen LogP contribution in [0.15, 0.2) is 18.2 Å². The first kappa shape index (κ1) is 12.0. The minimum atomic E-state index is -4.28. The molecule has 0 aliphatic heterocycles. The Kier molecular flexibility index (Phi) is 2.20. The molecule has 0 unspecified atom stereocenters. The van der Waals surface area contributed by atoms with E-state index in [9.17, 15) is 13.2 Å². The Morgan fingerprint density at radius 3 is 2.17 bits per heavy atom. The number of benzene rings is 1. The van der Waals surface area contributed by atoms with Gasteiger partial charge in [0, 0.05) is 11.0 Å². The Bertz CT molecular complexity index is 496. The fourth-order valence-corrected chi connectivity index (χ4v) is 3.04. The van der Waals surface area contributed by atoms with E-state index < -0.39 is 11.7 Å². The molecule has 18 heavy (non-hydrogen) atoms. The molecule has 0 bridgehead atoms. The maximum absolute atomic E-state index is 12.9. The first-order valence-electron chi connectivity index (χ1n) is 6.26. The minimum Gasteiger partial charge on any atom is -0.324 e. The van der Waals surface area contributed by atoms with Gasteiger partial charge in [-0.15, -0.1) is 0 Å². The van der Waals surface area contributed by atoms with Gasteiger partial charge in [0.05, 0.1) is 5.56 Å². The second kappa shape index (κ2) is 3.29. The number of halogens is 3. The topological polar surface area (TPSA) is 26.0 Å². The van der Waals surface area contributed by atoms with Crippen molar-refractivity contribution in [3.63, 3.8) is 0 Å². The maximum Gasteiger partial charge on any atom is 0.416 e. The molecule has 2 N–H and O–H groups in total. The Balaban J connectivity index is 2.05. The van der Waals surface area contributed by atoms with E-state index in [2.05, 4.69) is 0 Å². The standard InChI is InChI=1S/C14H16F3N/c1-9-2-3-10(8-11(9)14(15,16)17)12(4-5-12)13(18)6-7-13/h2-3,8H,4-7,18H2,1H3. The molecule has 2 saturated carbocycles. The molecule has 2 aliphatic rings. The molecule has 0 heterocycles. The van der Waals surface area contributed by atoms with Crippen LogP contribution in [0.2, 0.25) is 0 Å². The lowest BCUT2D eigenvalue weighted by atomic mass is 9.84. The van der Waals surface area contributed by atoms with E-state index in [4.69, 9.17) is 5.73 Å². The first-order valence-corrected chi connectivity index (χ1v) is 6.26. The summed E-state index contributed by atoms with van der Waals surface area (Å²) < 4.78 is 38.8. The van der Waals surface area contributed by atoms with E-state index in [1.807, 2.05) is 6.07 Å². The second-order valence-corrected chi connectivity index (χ2v) is 5.77. The molecule has 0 spiro atoms. The third kappa shape index (κ3) is 1.58. The van der Waals surface area contributed by atoms with Gasteiger partial charge in [-0.1, -0.05) is 12.1 Å². The van der Waals surface area contributed by atoms with E-state index in [0.29, 0.717) is 0 Å². The molecule has 1 aromatic rings. The molecule has 1 nitrogen and oxygen atoms in total. The molecule has 0 saturated heterocycles. The lowest BCUT2D eigenvalue weighted by Gasteiger charge is -2.24. The summed E-state index contributed by atoms with van der Waals surface area (Å²) in [6.07, 6.45) is -0.570. The van der Waals surface area contributed by atoms with Crippen molar-refractivity contribution in [2.75, 3.05) is 0 Å². The van der Waals surface area contributed by atoms with Crippen molar-refractivity contribution in [2.45, 2.75) is 49.7 Å². The maximum atomic E-state index is 12.9. The van der Waals surface area contributed by atoms with Crippen molar-refractivity contribution in [1.82, 2.24) is 0 Å². The van der Waals surface area contributed by atoms with Gasteiger partial charge in [0.1, 0.15) is 0 Å². The van der Waals surface area contributed by atoms with Crippen LogP contribution in [0.1, 0.15) is 42.4 Å². The van der Waals surface area contributed by atoms with E-state index in [-0.39, 0.29) is 16.5 Å². The SMILES string of the molecule is Cc1ccc(C2(C3(N)CC3)CC2)cc1C(F)(F)F. The van der Waals surface area contributed by atoms with E-state index in [1.165, 1.54) is 13.0 Å². The van der Waals surface area contributed by atoms with Crippen LogP contribution in [-0.4, -0.2) is 5.54 Å². The third-order valence-corrected chi connectivity index (χ3v) is 4.59. The first-order chi connectivity index (χ1) is 8.29. The number of aryl methyl sites for hydroxylation is 1. The van der Waals surface area contributed by atoms with E-state index in [1.54, 1.807) is 6.07 Å². The van der Waals surface area contributed by atoms with Crippen LogP contribution in [0, 0.1) is 6.92 Å². The Hall–Kier alpha value is -1.03. The lowest BCUT2D eigenvalue weighted by molar-refractivity contribution is -0.138. The fourth-order valence-electron chi connectivity index (χ4n) is 3.04. The van der Waals surface area contributed by atoms with Crippen LogP contribution < -0.4 is 5.73 Å². The molecular weight excluding hydrogens is 239 g/mol. The molecule has 0 aromatic heterocycles. The summed E-state index contributed by atoms with van der Waals surface area (Å²) >= 11 is 0. The highest BCUT2D eigenvalue weighted by atomic mass is 19.4. The zero-order valence-electron chi connectivity index (χ0n) is 10.3. The predicted octanol–water partition coefficient (Wildman–Crippen LogP) is 3.54. The third-order valence-electron chi connectivity index (χ3n) is 4.59. The highest BCUT2D eigenvalue weighted by molar-refractivity contribution is 5.45. The summed E-state index contributed by atoms with van der Waals surface area (Å²) in [5, 5.41) is 0. The summed E-state index contributed by atoms with van der Waals surface area (Å²) in [7, 11) is 0. The monoisotopic (exact) mass is 255 g/mol. The largest absolute Gasteiger partial charge is 0.416 e. The van der Waals surface area contributed by atoms with Crippen LogP contribution in [-0.2, 0) is 11.6 Å². The highest BCUT2D eigenvalue weighted by Gasteiger charge is 2.64. The highest BCUT2D eigenvalue weighted by Crippen LogP contribution is 2.63. The fraction of sp³-hybridized carbons (Fsp3) is 0.571. The Labute approximate surface area is 104 Å². The Morgan fingerprint density at radius 2 is 1.72 bits per heavy atom. The molecule has 0 radical (unpaired) electrons. The quantitative estimate of drug-likeness (QED) is 0.859. The number of hydrogen-bond donors (Lipinski definition) is 1. The normalized spacial score (nSPS) is 23.8. The zero-order valence-corrected chi connectivity index (χ0v) is 10.3. The van der Waals surface area contributed by atoms with Gasteiger partial charge in [0.25, 0.3) is 0 Å². The van der Waals surface area contributed by atoms with Crippen molar-refractivity contribution in [2.24, 2.45) is 5.73 Å².